The van der Waals surface area contributed by atoms with Crippen LogP contribution in [0.25, 0.3) is 0 Å². The van der Waals surface area contributed by atoms with Gasteiger partial charge in [0.05, 0.1) is 5.92 Å². The normalized spacial score (nSPS) is 17.3. The molecular formula is C19H20N2O2. The number of aryl methyl sites for hydroxylation is 1. The topological polar surface area (TPSA) is 49.4 Å². The number of nitrogens with zero attached hydrogens (tertiary/aromatic N) is 1. The maximum Gasteiger partial charge on any atom is 0.229 e. The van der Waals surface area contributed by atoms with E-state index in [0.717, 1.165) is 11.3 Å². The lowest BCUT2D eigenvalue weighted by Gasteiger charge is -2.17. The van der Waals surface area contributed by atoms with E-state index in [1.165, 1.54) is 5.56 Å². The Morgan fingerprint density at radius 2 is 1.83 bits per heavy atom. The molecule has 1 unspecified atom stereocenters. The van der Waals surface area contributed by atoms with Crippen molar-refractivity contribution in [3.63, 3.8) is 0 Å². The molecule has 1 aliphatic rings. The fraction of sp³-hybridized carbons (Fsp3) is 0.263. The Morgan fingerprint density at radius 3 is 2.52 bits per heavy atom. The molecule has 1 N–H and O–H groups in total. The summed E-state index contributed by atoms with van der Waals surface area (Å²) in [6.07, 6.45) is 0.282. The Bertz CT molecular complexity index is 695. The van der Waals surface area contributed by atoms with Crippen molar-refractivity contribution in [3.8, 4) is 0 Å². The van der Waals surface area contributed by atoms with Crippen molar-refractivity contribution >= 4 is 17.5 Å². The van der Waals surface area contributed by atoms with Crippen molar-refractivity contribution in [2.45, 2.75) is 19.9 Å². The maximum absolute atomic E-state index is 12.3. The quantitative estimate of drug-likeness (QED) is 0.944. The molecule has 4 nitrogen and oxygen atoms in total. The number of hydrogen-bond donors (Lipinski definition) is 1. The van der Waals surface area contributed by atoms with Gasteiger partial charge < -0.3 is 10.2 Å². The molecule has 118 valence electrons. The number of likely N-dealkylation sites (tertiary alicyclic amines) is 1. The molecular weight excluding hydrogens is 288 g/mol. The van der Waals surface area contributed by atoms with Crippen molar-refractivity contribution in [2.24, 2.45) is 5.92 Å². The molecule has 2 aromatic rings. The Balaban J connectivity index is 1.60. The average Bonchev–Trinajstić information content (AvgIpc) is 2.92. The van der Waals surface area contributed by atoms with Gasteiger partial charge in [-0.3, -0.25) is 9.59 Å². The lowest BCUT2D eigenvalue weighted by molar-refractivity contribution is -0.128. The third kappa shape index (κ3) is 3.77. The molecule has 0 spiro atoms. The fourth-order valence-corrected chi connectivity index (χ4v) is 2.78. The van der Waals surface area contributed by atoms with Gasteiger partial charge in [-0.25, -0.2) is 0 Å². The molecule has 0 saturated carbocycles. The van der Waals surface area contributed by atoms with E-state index in [1.54, 1.807) is 4.90 Å². The molecule has 2 aromatic carbocycles. The largest absolute Gasteiger partial charge is 0.338 e. The minimum atomic E-state index is -0.284. The first-order valence-corrected chi connectivity index (χ1v) is 7.81. The zero-order valence-electron chi connectivity index (χ0n) is 13.2. The summed E-state index contributed by atoms with van der Waals surface area (Å²) in [6, 6.07) is 17.5. The molecule has 1 atom stereocenters. The van der Waals surface area contributed by atoms with Crippen LogP contribution in [0.2, 0.25) is 0 Å². The lowest BCUT2D eigenvalue weighted by atomic mass is 10.1. The van der Waals surface area contributed by atoms with Crippen LogP contribution in [0.5, 0.6) is 0 Å². The Labute approximate surface area is 136 Å². The zero-order valence-corrected chi connectivity index (χ0v) is 13.2. The second kappa shape index (κ2) is 6.65. The standard InChI is InChI=1S/C19H20N2O2/c1-14-7-9-15(10-8-14)12-21-13-16(11-18(21)22)19(23)20-17-5-3-2-4-6-17/h2-10,16H,11-13H2,1H3,(H,20,23). The van der Waals surface area contributed by atoms with E-state index in [0.29, 0.717) is 13.1 Å². The van der Waals surface area contributed by atoms with Gasteiger partial charge >= 0.3 is 0 Å². The molecule has 0 bridgehead atoms. The highest BCUT2D eigenvalue weighted by Crippen LogP contribution is 2.22. The molecule has 0 radical (unpaired) electrons. The molecule has 1 heterocycles. The monoisotopic (exact) mass is 308 g/mol. The van der Waals surface area contributed by atoms with Crippen LogP contribution in [-0.2, 0) is 16.1 Å². The number of carbonyl (C=O) groups is 2. The smallest absolute Gasteiger partial charge is 0.229 e. The Kier molecular flexibility index (Phi) is 4.42. The van der Waals surface area contributed by atoms with Crippen LogP contribution in [0.4, 0.5) is 5.69 Å². The van der Waals surface area contributed by atoms with E-state index in [9.17, 15) is 9.59 Å². The highest BCUT2D eigenvalue weighted by Gasteiger charge is 2.34. The number of carbonyl (C=O) groups excluding carboxylic acids is 2. The summed E-state index contributed by atoms with van der Waals surface area (Å²) >= 11 is 0. The van der Waals surface area contributed by atoms with Crippen molar-refractivity contribution < 1.29 is 9.59 Å². The van der Waals surface area contributed by atoms with Gasteiger partial charge in [-0.2, -0.15) is 0 Å². The molecule has 0 aromatic heterocycles. The number of rotatable bonds is 4. The van der Waals surface area contributed by atoms with Crippen LogP contribution in [0.15, 0.2) is 54.6 Å². The predicted molar refractivity (Wildman–Crippen MR) is 89.8 cm³/mol. The van der Waals surface area contributed by atoms with Crippen LogP contribution < -0.4 is 5.32 Å². The molecule has 1 fully saturated rings. The molecule has 23 heavy (non-hydrogen) atoms. The summed E-state index contributed by atoms with van der Waals surface area (Å²) in [5.74, 6) is -0.331. The summed E-state index contributed by atoms with van der Waals surface area (Å²) in [5, 5.41) is 2.88. The number of amides is 2. The molecule has 4 heteroatoms. The number of hydrogen-bond acceptors (Lipinski definition) is 2. The van der Waals surface area contributed by atoms with Gasteiger partial charge in [-0.1, -0.05) is 48.0 Å². The number of anilines is 1. The summed E-state index contributed by atoms with van der Waals surface area (Å²) < 4.78 is 0. The van der Waals surface area contributed by atoms with Crippen LogP contribution in [0, 0.1) is 12.8 Å². The van der Waals surface area contributed by atoms with Crippen LogP contribution in [0.3, 0.4) is 0 Å². The van der Waals surface area contributed by atoms with E-state index < -0.39 is 0 Å². The number of para-hydroxylation sites is 1. The van der Waals surface area contributed by atoms with Crippen LogP contribution in [-0.4, -0.2) is 23.3 Å². The van der Waals surface area contributed by atoms with Crippen LogP contribution in [0.1, 0.15) is 17.5 Å². The van der Waals surface area contributed by atoms with E-state index in [4.69, 9.17) is 0 Å². The second-order valence-electron chi connectivity index (χ2n) is 6.02. The summed E-state index contributed by atoms with van der Waals surface area (Å²) in [5.41, 5.74) is 3.05. The molecule has 3 rings (SSSR count). The van der Waals surface area contributed by atoms with Gasteiger partial charge in [0.2, 0.25) is 11.8 Å². The molecule has 1 saturated heterocycles. The molecule has 1 aliphatic heterocycles. The summed E-state index contributed by atoms with van der Waals surface area (Å²) in [6.45, 7) is 3.08. The first-order chi connectivity index (χ1) is 11.1. The summed E-state index contributed by atoms with van der Waals surface area (Å²) in [7, 11) is 0. The molecule has 0 aliphatic carbocycles. The van der Waals surface area contributed by atoms with Gasteiger partial charge in [0.25, 0.3) is 0 Å². The SMILES string of the molecule is Cc1ccc(CN2CC(C(=O)Nc3ccccc3)CC2=O)cc1. The first-order valence-electron chi connectivity index (χ1n) is 7.81. The third-order valence-corrected chi connectivity index (χ3v) is 4.12. The van der Waals surface area contributed by atoms with Crippen LogP contribution >= 0.6 is 0 Å². The van der Waals surface area contributed by atoms with Gasteiger partial charge in [-0.05, 0) is 24.6 Å². The Hall–Kier alpha value is -2.62. The first kappa shape index (κ1) is 15.3. The summed E-state index contributed by atoms with van der Waals surface area (Å²) in [4.78, 5) is 26.2. The van der Waals surface area contributed by atoms with Crippen molar-refractivity contribution in [3.05, 3.63) is 65.7 Å². The van der Waals surface area contributed by atoms with Gasteiger partial charge in [0.1, 0.15) is 0 Å². The predicted octanol–water partition coefficient (Wildman–Crippen LogP) is 2.98. The van der Waals surface area contributed by atoms with E-state index in [2.05, 4.69) is 5.32 Å². The van der Waals surface area contributed by atoms with Gasteiger partial charge in [-0.15, -0.1) is 0 Å². The van der Waals surface area contributed by atoms with Crippen molar-refractivity contribution in [1.82, 2.24) is 4.90 Å². The Morgan fingerprint density at radius 1 is 1.13 bits per heavy atom. The minimum absolute atomic E-state index is 0.0405. The number of benzene rings is 2. The highest BCUT2D eigenvalue weighted by molar-refractivity contribution is 5.97. The van der Waals surface area contributed by atoms with Gasteiger partial charge in [0.15, 0.2) is 0 Å². The highest BCUT2D eigenvalue weighted by atomic mass is 16.2. The number of nitrogens with one attached hydrogen (secondary N) is 1. The fourth-order valence-electron chi connectivity index (χ4n) is 2.78. The maximum atomic E-state index is 12.3. The second-order valence-corrected chi connectivity index (χ2v) is 6.02. The van der Waals surface area contributed by atoms with Crippen molar-refractivity contribution in [1.29, 1.82) is 0 Å². The van der Waals surface area contributed by atoms with E-state index >= 15 is 0 Å². The van der Waals surface area contributed by atoms with Gasteiger partial charge in [0, 0.05) is 25.2 Å². The molecule has 2 amide bonds. The zero-order chi connectivity index (χ0) is 16.2. The third-order valence-electron chi connectivity index (χ3n) is 4.12. The minimum Gasteiger partial charge on any atom is -0.338 e. The van der Waals surface area contributed by atoms with E-state index in [-0.39, 0.29) is 24.2 Å². The average molecular weight is 308 g/mol. The van der Waals surface area contributed by atoms with Crippen molar-refractivity contribution in [2.75, 3.05) is 11.9 Å². The van der Waals surface area contributed by atoms with E-state index in [1.807, 2.05) is 61.5 Å². The lowest BCUT2D eigenvalue weighted by Crippen LogP contribution is -2.28.